The van der Waals surface area contributed by atoms with Crippen molar-refractivity contribution in [3.05, 3.63) is 65.2 Å². The number of rotatable bonds is 8. The maximum Gasteiger partial charge on any atom is 0.321 e. The van der Waals surface area contributed by atoms with E-state index in [4.69, 9.17) is 31.9 Å². The van der Waals surface area contributed by atoms with Crippen molar-refractivity contribution in [2.45, 2.75) is 44.3 Å². The van der Waals surface area contributed by atoms with Gasteiger partial charge in [-0.2, -0.15) is 5.10 Å². The van der Waals surface area contributed by atoms with Crippen LogP contribution in [0.4, 0.5) is 0 Å². The summed E-state index contributed by atoms with van der Waals surface area (Å²) in [6.45, 7) is 2.08. The molecular weight excluding hydrogens is 544 g/mol. The van der Waals surface area contributed by atoms with E-state index in [2.05, 4.69) is 41.7 Å². The number of carboxylic acids is 4. The monoisotopic (exact) mass is 574 g/mol. The fourth-order valence-electron chi connectivity index (χ4n) is 2.87. The molecule has 0 fully saturated rings. The van der Waals surface area contributed by atoms with Gasteiger partial charge in [0.15, 0.2) is 0 Å². The number of aliphatic carboxylic acids is 4. The first-order valence-electron chi connectivity index (χ1n) is 10.9. The number of hydrogen-bond acceptors (Lipinski definition) is 9. The Balaban J connectivity index is 0.000000613. The van der Waals surface area contributed by atoms with Crippen molar-refractivity contribution in [3.63, 3.8) is 0 Å². The third kappa shape index (κ3) is 12.3. The van der Waals surface area contributed by atoms with Crippen LogP contribution >= 0.6 is 0 Å². The number of para-hydroxylation sites is 1. The molecule has 0 aromatic heterocycles. The number of aryl methyl sites for hydroxylation is 1. The minimum Gasteiger partial charge on any atom is -0.507 e. The number of nitrogens with one attached hydrogen (secondary N) is 1. The molecule has 1 heterocycles. The number of phenols is 1. The van der Waals surface area contributed by atoms with Crippen molar-refractivity contribution in [1.82, 2.24) is 5.43 Å². The summed E-state index contributed by atoms with van der Waals surface area (Å²) in [7, 11) is 0. The van der Waals surface area contributed by atoms with Crippen LogP contribution in [0, 0.1) is 6.92 Å². The van der Waals surface area contributed by atoms with Crippen LogP contribution in [0.25, 0.3) is 0 Å². The largest absolute Gasteiger partial charge is 0.507 e. The molecule has 3 atom stereocenters. The molecule has 3 rings (SSSR count). The average Bonchev–Trinajstić information content (AvgIpc) is 3.30. The molecular formula is C24H30FeN4O9. The maximum atomic E-state index is 9.86. The zero-order chi connectivity index (χ0) is 28.1. The molecule has 1 aliphatic rings. The van der Waals surface area contributed by atoms with Gasteiger partial charge in [0.25, 0.3) is 0 Å². The van der Waals surface area contributed by atoms with Gasteiger partial charge in [-0.1, -0.05) is 42.0 Å². The van der Waals surface area contributed by atoms with Crippen LogP contribution < -0.4 is 16.9 Å². The number of hydrazone groups is 1. The summed E-state index contributed by atoms with van der Waals surface area (Å²) >= 11 is 0. The minimum absolute atomic E-state index is 0. The zero-order valence-electron chi connectivity index (χ0n) is 20.3. The van der Waals surface area contributed by atoms with E-state index < -0.39 is 48.8 Å². The quantitative estimate of drug-likeness (QED) is 0.205. The first kappa shape index (κ1) is 34.0. The molecule has 0 spiro atoms. The number of phenolic OH excluding ortho intramolecular Hbond substituents is 1. The molecule has 0 radical (unpaired) electrons. The van der Waals surface area contributed by atoms with Gasteiger partial charge in [-0.3, -0.25) is 19.2 Å². The molecule has 1 aliphatic heterocycles. The molecule has 38 heavy (non-hydrogen) atoms. The topological polar surface area (TPSA) is 246 Å². The Morgan fingerprint density at radius 2 is 1.37 bits per heavy atom. The van der Waals surface area contributed by atoms with Crippen molar-refractivity contribution in [2.75, 3.05) is 0 Å². The van der Waals surface area contributed by atoms with Crippen molar-refractivity contribution in [1.29, 1.82) is 0 Å². The van der Waals surface area contributed by atoms with Crippen LogP contribution in [0.1, 0.15) is 42.0 Å². The van der Waals surface area contributed by atoms with E-state index in [0.29, 0.717) is 0 Å². The Hall–Kier alpha value is -3.97. The van der Waals surface area contributed by atoms with Gasteiger partial charge < -0.3 is 42.4 Å². The summed E-state index contributed by atoms with van der Waals surface area (Å²) in [6.07, 6.45) is -0.273. The zero-order valence-corrected chi connectivity index (χ0v) is 21.4. The van der Waals surface area contributed by atoms with Crippen molar-refractivity contribution < 1.29 is 61.8 Å². The van der Waals surface area contributed by atoms with Gasteiger partial charge in [-0.05, 0) is 24.6 Å². The SMILES string of the molecule is Cc1ccc(C2CC(c3ccccc3O)=NN2)cc1.NC(CC(=O)O)C(=O)O.NC(CC(=O)O)C(=O)O.[Fe]. The predicted octanol–water partition coefficient (Wildman–Crippen LogP) is 0.883. The fraction of sp³-hybridized carbons (Fsp3) is 0.292. The van der Waals surface area contributed by atoms with Crippen LogP contribution in [0.3, 0.4) is 0 Å². The second-order valence-corrected chi connectivity index (χ2v) is 7.96. The van der Waals surface area contributed by atoms with Crippen LogP contribution in [0.5, 0.6) is 5.75 Å². The molecule has 0 amide bonds. The number of nitrogens with two attached hydrogens (primary N) is 2. The fourth-order valence-corrected chi connectivity index (χ4v) is 2.87. The molecule has 3 unspecified atom stereocenters. The van der Waals surface area contributed by atoms with Gasteiger partial charge in [0.1, 0.15) is 17.8 Å². The average molecular weight is 574 g/mol. The molecule has 2 aromatic carbocycles. The predicted molar refractivity (Wildman–Crippen MR) is 132 cm³/mol. The van der Waals surface area contributed by atoms with Gasteiger partial charge in [0.05, 0.1) is 24.6 Å². The van der Waals surface area contributed by atoms with Crippen LogP contribution in [-0.2, 0) is 36.2 Å². The van der Waals surface area contributed by atoms with E-state index in [0.717, 1.165) is 17.7 Å². The smallest absolute Gasteiger partial charge is 0.321 e. The van der Waals surface area contributed by atoms with E-state index in [9.17, 15) is 24.3 Å². The number of benzene rings is 2. The second kappa shape index (κ2) is 16.7. The molecule has 14 heteroatoms. The Morgan fingerprint density at radius 1 is 0.895 bits per heavy atom. The van der Waals surface area contributed by atoms with Gasteiger partial charge in [0, 0.05) is 29.1 Å². The van der Waals surface area contributed by atoms with Gasteiger partial charge in [-0.25, -0.2) is 0 Å². The number of aromatic hydroxyl groups is 1. The molecule has 0 saturated heterocycles. The number of nitrogens with zero attached hydrogens (tertiary/aromatic N) is 1. The second-order valence-electron chi connectivity index (χ2n) is 7.96. The molecule has 0 aliphatic carbocycles. The van der Waals surface area contributed by atoms with Gasteiger partial charge in [0.2, 0.25) is 0 Å². The van der Waals surface area contributed by atoms with E-state index >= 15 is 0 Å². The van der Waals surface area contributed by atoms with Crippen LogP contribution in [0.2, 0.25) is 0 Å². The van der Waals surface area contributed by atoms with Crippen molar-refractivity contribution in [3.8, 4) is 5.75 Å². The Bertz CT molecular complexity index is 1090. The summed E-state index contributed by atoms with van der Waals surface area (Å²) in [5, 5.41) is 46.3. The summed E-state index contributed by atoms with van der Waals surface area (Å²) in [6, 6.07) is 13.4. The Morgan fingerprint density at radius 3 is 1.76 bits per heavy atom. The molecule has 10 N–H and O–H groups in total. The summed E-state index contributed by atoms with van der Waals surface area (Å²) in [4.78, 5) is 39.2. The first-order chi connectivity index (χ1) is 17.3. The first-order valence-corrected chi connectivity index (χ1v) is 10.9. The number of carboxylic acid groups (broad SMARTS) is 4. The Labute approximate surface area is 228 Å². The molecule has 13 nitrogen and oxygen atoms in total. The molecule has 2 aromatic rings. The maximum absolute atomic E-state index is 9.86. The minimum atomic E-state index is -1.29. The van der Waals surface area contributed by atoms with Gasteiger partial charge in [-0.15, -0.1) is 0 Å². The van der Waals surface area contributed by atoms with E-state index in [-0.39, 0.29) is 28.9 Å². The van der Waals surface area contributed by atoms with Crippen LogP contribution in [-0.4, -0.2) is 67.2 Å². The molecule has 0 bridgehead atoms. The van der Waals surface area contributed by atoms with E-state index in [1.54, 1.807) is 6.07 Å². The molecule has 208 valence electrons. The number of carbonyl (C=O) groups is 4. The Kier molecular flexibility index (Phi) is 15.0. The van der Waals surface area contributed by atoms with E-state index in [1.807, 2.05) is 18.2 Å². The van der Waals surface area contributed by atoms with Gasteiger partial charge >= 0.3 is 23.9 Å². The van der Waals surface area contributed by atoms with E-state index in [1.165, 1.54) is 11.1 Å². The summed E-state index contributed by atoms with van der Waals surface area (Å²) in [5.41, 5.74) is 17.0. The van der Waals surface area contributed by atoms with Crippen molar-refractivity contribution >= 4 is 29.6 Å². The molecule has 0 saturated carbocycles. The summed E-state index contributed by atoms with van der Waals surface area (Å²) in [5.74, 6) is -4.71. The van der Waals surface area contributed by atoms with Crippen molar-refractivity contribution in [2.24, 2.45) is 16.6 Å². The standard InChI is InChI=1S/C16H16N2O.2C4H7NO4.Fe/c1-11-6-8-12(9-7-11)14-10-15(18-17-14)13-4-2-3-5-16(13)19;2*5-2(4(8)9)1-3(6)7;/h2-9,14,17,19H,10H2,1H3;2*2H,1,5H2,(H,6,7)(H,8,9);. The third-order valence-electron chi connectivity index (χ3n) is 4.87. The third-order valence-corrected chi connectivity index (χ3v) is 4.87. The van der Waals surface area contributed by atoms with Crippen LogP contribution in [0.15, 0.2) is 53.6 Å². The number of hydrogen-bond donors (Lipinski definition) is 8. The normalized spacial score (nSPS) is 14.9. The summed E-state index contributed by atoms with van der Waals surface area (Å²) < 4.78 is 0.